The standard InChI is InChI=1S/C49H31N3O/c1-3-13-33(14-4-1)42-22-11-23-45-46(42)43-31-39(26-27-44(43)53-45)37-19-10-21-41(30-37)49-51-47(34-15-5-2-6-16-34)50-48(52-49)40-20-9-18-36(29-40)38-25-24-32-12-7-8-17-35(32)28-38/h1-31H. The minimum absolute atomic E-state index is 0.619. The Morgan fingerprint density at radius 1 is 0.302 bits per heavy atom. The Balaban J connectivity index is 1.08. The third kappa shape index (κ3) is 5.73. The molecule has 0 saturated heterocycles. The Labute approximate surface area is 306 Å². The second-order valence-corrected chi connectivity index (χ2v) is 13.3. The van der Waals surface area contributed by atoms with Crippen molar-refractivity contribution in [2.24, 2.45) is 0 Å². The van der Waals surface area contributed by atoms with Gasteiger partial charge in [-0.15, -0.1) is 0 Å². The molecule has 0 spiro atoms. The second kappa shape index (κ2) is 12.9. The zero-order valence-electron chi connectivity index (χ0n) is 28.6. The van der Waals surface area contributed by atoms with Crippen LogP contribution in [-0.2, 0) is 0 Å². The van der Waals surface area contributed by atoms with Gasteiger partial charge in [-0.2, -0.15) is 0 Å². The molecule has 2 heterocycles. The van der Waals surface area contributed by atoms with Gasteiger partial charge in [0.05, 0.1) is 0 Å². The zero-order valence-corrected chi connectivity index (χ0v) is 28.6. The molecule has 53 heavy (non-hydrogen) atoms. The van der Waals surface area contributed by atoms with Crippen molar-refractivity contribution in [3.63, 3.8) is 0 Å². The number of hydrogen-bond donors (Lipinski definition) is 0. The number of hydrogen-bond acceptors (Lipinski definition) is 4. The maximum atomic E-state index is 6.34. The third-order valence-corrected chi connectivity index (χ3v) is 9.90. The van der Waals surface area contributed by atoms with E-state index in [1.165, 1.54) is 10.8 Å². The van der Waals surface area contributed by atoms with Crippen molar-refractivity contribution in [3.8, 4) is 67.5 Å². The maximum Gasteiger partial charge on any atom is 0.164 e. The molecule has 8 aromatic carbocycles. The van der Waals surface area contributed by atoms with Gasteiger partial charge in [-0.25, -0.2) is 15.0 Å². The molecule has 0 fully saturated rings. The molecule has 248 valence electrons. The Hall–Kier alpha value is -7.17. The lowest BCUT2D eigenvalue weighted by Crippen LogP contribution is -2.00. The third-order valence-electron chi connectivity index (χ3n) is 9.90. The van der Waals surface area contributed by atoms with E-state index in [1.807, 2.05) is 42.5 Å². The highest BCUT2D eigenvalue weighted by molar-refractivity contribution is 6.13. The van der Waals surface area contributed by atoms with Gasteiger partial charge in [-0.3, -0.25) is 0 Å². The fraction of sp³-hybridized carbons (Fsp3) is 0. The van der Waals surface area contributed by atoms with Crippen LogP contribution in [0.5, 0.6) is 0 Å². The molecule has 0 bridgehead atoms. The van der Waals surface area contributed by atoms with Crippen LogP contribution < -0.4 is 0 Å². The number of benzene rings is 8. The Kier molecular flexibility index (Phi) is 7.43. The van der Waals surface area contributed by atoms with Gasteiger partial charge in [0.15, 0.2) is 17.5 Å². The highest BCUT2D eigenvalue weighted by atomic mass is 16.3. The van der Waals surface area contributed by atoms with Gasteiger partial charge in [0.2, 0.25) is 0 Å². The summed E-state index contributed by atoms with van der Waals surface area (Å²) >= 11 is 0. The number of aromatic nitrogens is 3. The second-order valence-electron chi connectivity index (χ2n) is 13.3. The van der Waals surface area contributed by atoms with E-state index in [0.717, 1.165) is 72.0 Å². The topological polar surface area (TPSA) is 51.8 Å². The summed E-state index contributed by atoms with van der Waals surface area (Å²) in [6.45, 7) is 0. The smallest absolute Gasteiger partial charge is 0.164 e. The quantitative estimate of drug-likeness (QED) is 0.176. The average molecular weight is 678 g/mol. The summed E-state index contributed by atoms with van der Waals surface area (Å²) in [6.07, 6.45) is 0. The van der Waals surface area contributed by atoms with E-state index in [2.05, 4.69) is 146 Å². The summed E-state index contributed by atoms with van der Waals surface area (Å²) in [5.74, 6) is 1.88. The molecule has 10 rings (SSSR count). The lowest BCUT2D eigenvalue weighted by molar-refractivity contribution is 0.669. The fourth-order valence-corrected chi connectivity index (χ4v) is 7.26. The van der Waals surface area contributed by atoms with Gasteiger partial charge >= 0.3 is 0 Å². The number of fused-ring (bicyclic) bond motifs is 4. The molecule has 0 amide bonds. The van der Waals surface area contributed by atoms with E-state index < -0.39 is 0 Å². The molecule has 0 unspecified atom stereocenters. The SMILES string of the molecule is c1ccc(-c2nc(-c3cccc(-c4ccc5ccccc5c4)c3)nc(-c3cccc(-c4ccc5oc6cccc(-c7ccccc7)c6c5c4)c3)n2)cc1. The van der Waals surface area contributed by atoms with E-state index in [9.17, 15) is 0 Å². The zero-order chi connectivity index (χ0) is 35.1. The van der Waals surface area contributed by atoms with Gasteiger partial charge < -0.3 is 4.42 Å². The van der Waals surface area contributed by atoms with Crippen LogP contribution in [0.25, 0.3) is 100 Å². The summed E-state index contributed by atoms with van der Waals surface area (Å²) in [4.78, 5) is 15.2. The monoisotopic (exact) mass is 677 g/mol. The van der Waals surface area contributed by atoms with Crippen LogP contribution in [0.4, 0.5) is 0 Å². The fourth-order valence-electron chi connectivity index (χ4n) is 7.26. The van der Waals surface area contributed by atoms with Crippen LogP contribution in [0.2, 0.25) is 0 Å². The highest BCUT2D eigenvalue weighted by Gasteiger charge is 2.16. The first-order valence-electron chi connectivity index (χ1n) is 17.8. The summed E-state index contributed by atoms with van der Waals surface area (Å²) in [6, 6.07) is 65.2. The molecule has 0 saturated carbocycles. The minimum Gasteiger partial charge on any atom is -0.456 e. The predicted octanol–water partition coefficient (Wildman–Crippen LogP) is 12.9. The minimum atomic E-state index is 0.619. The molecule has 0 radical (unpaired) electrons. The molecule has 0 aliphatic heterocycles. The van der Waals surface area contributed by atoms with Gasteiger partial charge in [0.25, 0.3) is 0 Å². The Bertz CT molecular complexity index is 2950. The maximum absolute atomic E-state index is 6.34. The van der Waals surface area contributed by atoms with Crippen molar-refractivity contribution in [1.82, 2.24) is 15.0 Å². The molecule has 10 aromatic rings. The highest BCUT2D eigenvalue weighted by Crippen LogP contribution is 2.39. The number of rotatable bonds is 6. The molecular weight excluding hydrogens is 647 g/mol. The lowest BCUT2D eigenvalue weighted by atomic mass is 9.97. The van der Waals surface area contributed by atoms with Crippen LogP contribution in [0.15, 0.2) is 192 Å². The van der Waals surface area contributed by atoms with Gasteiger partial charge in [-0.1, -0.05) is 152 Å². The normalized spacial score (nSPS) is 11.4. The van der Waals surface area contributed by atoms with Crippen LogP contribution >= 0.6 is 0 Å². The molecule has 0 aliphatic carbocycles. The summed E-state index contributed by atoms with van der Waals surface area (Å²) < 4.78 is 6.34. The van der Waals surface area contributed by atoms with E-state index >= 15 is 0 Å². The van der Waals surface area contributed by atoms with E-state index in [1.54, 1.807) is 0 Å². The molecule has 4 nitrogen and oxygen atoms in total. The summed E-state index contributed by atoms with van der Waals surface area (Å²) in [5, 5.41) is 4.63. The van der Waals surface area contributed by atoms with E-state index in [-0.39, 0.29) is 0 Å². The van der Waals surface area contributed by atoms with Gasteiger partial charge in [0, 0.05) is 27.5 Å². The molecular formula is C49H31N3O. The first-order valence-corrected chi connectivity index (χ1v) is 17.8. The number of furan rings is 1. The average Bonchev–Trinajstić information content (AvgIpc) is 3.62. The number of nitrogens with zero attached hydrogens (tertiary/aromatic N) is 3. The largest absolute Gasteiger partial charge is 0.456 e. The molecule has 0 atom stereocenters. The predicted molar refractivity (Wildman–Crippen MR) is 217 cm³/mol. The summed E-state index contributed by atoms with van der Waals surface area (Å²) in [7, 11) is 0. The van der Waals surface area contributed by atoms with Crippen LogP contribution in [0.1, 0.15) is 0 Å². The van der Waals surface area contributed by atoms with Gasteiger partial charge in [-0.05, 0) is 80.6 Å². The van der Waals surface area contributed by atoms with Crippen molar-refractivity contribution in [1.29, 1.82) is 0 Å². The Morgan fingerprint density at radius 3 is 1.51 bits per heavy atom. The van der Waals surface area contributed by atoms with Crippen LogP contribution in [0, 0.1) is 0 Å². The first-order chi connectivity index (χ1) is 26.2. The van der Waals surface area contributed by atoms with Crippen LogP contribution in [-0.4, -0.2) is 15.0 Å². The molecule has 4 heteroatoms. The van der Waals surface area contributed by atoms with E-state index in [0.29, 0.717) is 17.5 Å². The van der Waals surface area contributed by atoms with Crippen molar-refractivity contribution >= 4 is 32.7 Å². The molecule has 0 aliphatic rings. The molecule has 0 N–H and O–H groups in total. The van der Waals surface area contributed by atoms with Gasteiger partial charge in [0.1, 0.15) is 11.2 Å². The van der Waals surface area contributed by atoms with Crippen molar-refractivity contribution < 1.29 is 4.42 Å². The Morgan fingerprint density at radius 2 is 0.811 bits per heavy atom. The van der Waals surface area contributed by atoms with Crippen LogP contribution in [0.3, 0.4) is 0 Å². The lowest BCUT2D eigenvalue weighted by Gasteiger charge is -2.11. The summed E-state index contributed by atoms with van der Waals surface area (Å²) in [5.41, 5.74) is 11.3. The van der Waals surface area contributed by atoms with E-state index in [4.69, 9.17) is 19.4 Å². The first kappa shape index (κ1) is 30.6. The molecule has 2 aromatic heterocycles. The van der Waals surface area contributed by atoms with Crippen molar-refractivity contribution in [3.05, 3.63) is 188 Å². The van der Waals surface area contributed by atoms with Crippen molar-refractivity contribution in [2.45, 2.75) is 0 Å². The van der Waals surface area contributed by atoms with Crippen molar-refractivity contribution in [2.75, 3.05) is 0 Å².